The number of benzene rings is 1. The van der Waals surface area contributed by atoms with Gasteiger partial charge in [-0.3, -0.25) is 4.79 Å². The van der Waals surface area contributed by atoms with Gasteiger partial charge in [0.05, 0.1) is 12.2 Å². The predicted molar refractivity (Wildman–Crippen MR) is 87.2 cm³/mol. The van der Waals surface area contributed by atoms with E-state index in [2.05, 4.69) is 10.4 Å². The third-order valence-corrected chi connectivity index (χ3v) is 2.96. The summed E-state index contributed by atoms with van der Waals surface area (Å²) in [5.41, 5.74) is 0.431. The number of carbonyl (C=O) groups excluding carboxylic acids is 2. The van der Waals surface area contributed by atoms with Crippen molar-refractivity contribution in [3.63, 3.8) is 0 Å². The zero-order chi connectivity index (χ0) is 16.9. The highest BCUT2D eigenvalue weighted by Crippen LogP contribution is 2.14. The van der Waals surface area contributed by atoms with E-state index in [9.17, 15) is 9.59 Å². The summed E-state index contributed by atoms with van der Waals surface area (Å²) >= 11 is 0. The smallest absolute Gasteiger partial charge is 0.338 e. The van der Waals surface area contributed by atoms with E-state index in [1.54, 1.807) is 31.2 Å². The van der Waals surface area contributed by atoms with E-state index in [0.29, 0.717) is 24.3 Å². The van der Waals surface area contributed by atoms with Crippen LogP contribution in [0, 0.1) is 0 Å². The Kier molecular flexibility index (Phi) is 8.88. The molecule has 0 aromatic heterocycles. The summed E-state index contributed by atoms with van der Waals surface area (Å²) in [6, 6.07) is 6.32. The Bertz CT molecular complexity index is 515. The van der Waals surface area contributed by atoms with Crippen LogP contribution >= 0.6 is 0 Å². The Morgan fingerprint density at radius 1 is 1.22 bits per heavy atom. The van der Waals surface area contributed by atoms with E-state index >= 15 is 0 Å². The molecule has 0 aliphatic rings. The topological polar surface area (TPSA) is 103 Å². The van der Waals surface area contributed by atoms with Crippen LogP contribution in [-0.2, 0) is 9.53 Å². The van der Waals surface area contributed by atoms with Crippen LogP contribution in [-0.4, -0.2) is 31.4 Å². The third-order valence-electron chi connectivity index (χ3n) is 2.96. The summed E-state index contributed by atoms with van der Waals surface area (Å²) in [6.07, 6.45) is 4.37. The number of carbonyl (C=O) groups is 2. The lowest BCUT2D eigenvalue weighted by molar-refractivity contribution is -0.134. The van der Waals surface area contributed by atoms with Gasteiger partial charge in [-0.2, -0.15) is 5.10 Å². The van der Waals surface area contributed by atoms with Crippen molar-refractivity contribution >= 4 is 18.3 Å². The van der Waals surface area contributed by atoms with Gasteiger partial charge in [0.15, 0.2) is 0 Å². The zero-order valence-corrected chi connectivity index (χ0v) is 13.3. The van der Waals surface area contributed by atoms with Crippen LogP contribution in [0.3, 0.4) is 0 Å². The highest BCUT2D eigenvalue weighted by Gasteiger charge is 2.08. The average Bonchev–Trinajstić information content (AvgIpc) is 2.55. The fraction of sp³-hybridized carbons (Fsp3) is 0.438. The van der Waals surface area contributed by atoms with E-state index in [0.717, 1.165) is 25.8 Å². The van der Waals surface area contributed by atoms with Gasteiger partial charge in [-0.25, -0.2) is 4.79 Å². The summed E-state index contributed by atoms with van der Waals surface area (Å²) in [6.45, 7) is 2.84. The number of hydrogen-bond acceptors (Lipinski definition) is 6. The van der Waals surface area contributed by atoms with Gasteiger partial charge in [-0.05, 0) is 44.0 Å². The predicted octanol–water partition coefficient (Wildman–Crippen LogP) is 1.82. The molecule has 0 saturated heterocycles. The number of rotatable bonds is 10. The van der Waals surface area contributed by atoms with Crippen molar-refractivity contribution in [3.8, 4) is 5.75 Å². The molecule has 0 saturated carbocycles. The molecule has 1 aromatic rings. The van der Waals surface area contributed by atoms with Crippen molar-refractivity contribution < 1.29 is 19.1 Å². The average molecular weight is 321 g/mol. The van der Waals surface area contributed by atoms with Crippen molar-refractivity contribution in [2.24, 2.45) is 10.9 Å². The Morgan fingerprint density at radius 3 is 2.61 bits per heavy atom. The summed E-state index contributed by atoms with van der Waals surface area (Å²) in [5, 5.41) is 6.23. The minimum Gasteiger partial charge on any atom is -0.462 e. The molecule has 0 heterocycles. The molecule has 0 spiro atoms. The summed E-state index contributed by atoms with van der Waals surface area (Å²) in [7, 11) is 0. The molecule has 3 N–H and O–H groups in total. The second-order valence-electron chi connectivity index (χ2n) is 4.76. The maximum Gasteiger partial charge on any atom is 0.338 e. The molecule has 0 atom stereocenters. The van der Waals surface area contributed by atoms with Gasteiger partial charge in [-0.15, -0.1) is 0 Å². The second-order valence-corrected chi connectivity index (χ2v) is 4.76. The SMILES string of the molecule is CCOC(=O)c1ccc(OC(=O)CCCCCNC=NN)cc1. The van der Waals surface area contributed by atoms with Gasteiger partial charge < -0.3 is 20.6 Å². The van der Waals surface area contributed by atoms with Gasteiger partial charge in [0.25, 0.3) is 0 Å². The van der Waals surface area contributed by atoms with Gasteiger partial charge in [0, 0.05) is 13.0 Å². The fourth-order valence-electron chi connectivity index (χ4n) is 1.85. The molecule has 1 rings (SSSR count). The molecular weight excluding hydrogens is 298 g/mol. The lowest BCUT2D eigenvalue weighted by Crippen LogP contribution is -2.14. The van der Waals surface area contributed by atoms with Crippen LogP contribution in [0.25, 0.3) is 0 Å². The molecule has 0 radical (unpaired) electrons. The van der Waals surface area contributed by atoms with E-state index in [-0.39, 0.29) is 5.97 Å². The zero-order valence-electron chi connectivity index (χ0n) is 13.3. The van der Waals surface area contributed by atoms with Crippen LogP contribution in [0.1, 0.15) is 43.0 Å². The standard InChI is InChI=1S/C16H23N3O4/c1-2-22-16(21)13-7-9-14(10-8-13)23-15(20)6-4-3-5-11-18-12-19-17/h7-10,12H,2-6,11,17H2,1H3,(H,18,19). The van der Waals surface area contributed by atoms with Crippen molar-refractivity contribution in [2.45, 2.75) is 32.6 Å². The summed E-state index contributed by atoms with van der Waals surface area (Å²) in [5.74, 6) is 4.69. The van der Waals surface area contributed by atoms with Crippen LogP contribution in [0.5, 0.6) is 5.75 Å². The summed E-state index contributed by atoms with van der Waals surface area (Å²) < 4.78 is 10.1. The number of unbranched alkanes of at least 4 members (excludes halogenated alkanes) is 2. The van der Waals surface area contributed by atoms with E-state index in [4.69, 9.17) is 15.3 Å². The number of hydrogen-bond donors (Lipinski definition) is 2. The number of hydrazone groups is 1. The molecule has 0 aliphatic carbocycles. The van der Waals surface area contributed by atoms with E-state index < -0.39 is 5.97 Å². The molecular formula is C16H23N3O4. The Morgan fingerprint density at radius 2 is 1.96 bits per heavy atom. The second kappa shape index (κ2) is 11.1. The first-order chi connectivity index (χ1) is 11.2. The molecule has 0 bridgehead atoms. The maximum absolute atomic E-state index is 11.7. The number of esters is 2. The lowest BCUT2D eigenvalue weighted by atomic mass is 10.2. The van der Waals surface area contributed by atoms with Crippen LogP contribution in [0.15, 0.2) is 29.4 Å². The summed E-state index contributed by atoms with van der Waals surface area (Å²) in [4.78, 5) is 23.2. The van der Waals surface area contributed by atoms with Crippen molar-refractivity contribution in [1.82, 2.24) is 5.32 Å². The first-order valence-corrected chi connectivity index (χ1v) is 7.60. The molecule has 126 valence electrons. The lowest BCUT2D eigenvalue weighted by Gasteiger charge is -2.06. The van der Waals surface area contributed by atoms with Gasteiger partial charge >= 0.3 is 11.9 Å². The van der Waals surface area contributed by atoms with Crippen molar-refractivity contribution in [2.75, 3.05) is 13.2 Å². The van der Waals surface area contributed by atoms with Crippen LogP contribution < -0.4 is 15.9 Å². The molecule has 23 heavy (non-hydrogen) atoms. The largest absolute Gasteiger partial charge is 0.462 e. The molecule has 7 nitrogen and oxygen atoms in total. The van der Waals surface area contributed by atoms with Crippen molar-refractivity contribution in [1.29, 1.82) is 0 Å². The Hall–Kier alpha value is -2.57. The highest BCUT2D eigenvalue weighted by molar-refractivity contribution is 5.89. The third kappa shape index (κ3) is 7.85. The number of nitrogens with one attached hydrogen (secondary N) is 1. The van der Waals surface area contributed by atoms with Gasteiger partial charge in [0.1, 0.15) is 12.1 Å². The minimum atomic E-state index is -0.390. The van der Waals surface area contributed by atoms with Gasteiger partial charge in [0.2, 0.25) is 0 Å². The molecule has 7 heteroatoms. The maximum atomic E-state index is 11.7. The van der Waals surface area contributed by atoms with E-state index in [1.165, 1.54) is 6.34 Å². The number of ether oxygens (including phenoxy) is 2. The Labute approximate surface area is 135 Å². The van der Waals surface area contributed by atoms with Crippen LogP contribution in [0.4, 0.5) is 0 Å². The highest BCUT2D eigenvalue weighted by atomic mass is 16.5. The van der Waals surface area contributed by atoms with Crippen LogP contribution in [0.2, 0.25) is 0 Å². The first-order valence-electron chi connectivity index (χ1n) is 7.60. The molecule has 0 unspecified atom stereocenters. The van der Waals surface area contributed by atoms with E-state index in [1.807, 2.05) is 0 Å². The van der Waals surface area contributed by atoms with Gasteiger partial charge in [-0.1, -0.05) is 6.42 Å². The molecule has 0 amide bonds. The molecule has 1 aromatic carbocycles. The monoisotopic (exact) mass is 321 g/mol. The molecule has 0 fully saturated rings. The molecule has 0 aliphatic heterocycles. The first kappa shape index (κ1) is 18.5. The Balaban J connectivity index is 2.25. The minimum absolute atomic E-state index is 0.287. The number of nitrogens with two attached hydrogens (primary N) is 1. The normalized spacial score (nSPS) is 10.5. The quantitative estimate of drug-likeness (QED) is 0.130. The number of nitrogens with zero attached hydrogens (tertiary/aromatic N) is 1. The van der Waals surface area contributed by atoms with Crippen molar-refractivity contribution in [3.05, 3.63) is 29.8 Å². The fourth-order valence-corrected chi connectivity index (χ4v) is 1.85.